The first-order chi connectivity index (χ1) is 20.3. The van der Waals surface area contributed by atoms with Crippen LogP contribution in [-0.4, -0.2) is 72.8 Å². The summed E-state index contributed by atoms with van der Waals surface area (Å²) >= 11 is 0. The highest BCUT2D eigenvalue weighted by atomic mass is 16.6. The van der Waals surface area contributed by atoms with Gasteiger partial charge in [-0.05, 0) is 104 Å². The predicted molar refractivity (Wildman–Crippen MR) is 162 cm³/mol. The summed E-state index contributed by atoms with van der Waals surface area (Å²) in [6.07, 6.45) is 9.08. The lowest BCUT2D eigenvalue weighted by molar-refractivity contribution is -0.185. The number of alkyl carbamates (subject to hydrolysis) is 1. The largest absolute Gasteiger partial charge is 0.446 e. The molecule has 5 aliphatic carbocycles. The van der Waals surface area contributed by atoms with E-state index in [1.165, 1.54) is 12.8 Å². The Morgan fingerprint density at radius 3 is 2.30 bits per heavy atom. The van der Waals surface area contributed by atoms with Crippen molar-refractivity contribution in [3.63, 3.8) is 0 Å². The smallest absolute Gasteiger partial charge is 0.410 e. The third-order valence-electron chi connectivity index (χ3n) is 15.3. The number of aliphatic hydroxyl groups excluding tert-OH is 1. The van der Waals surface area contributed by atoms with E-state index < -0.39 is 12.2 Å². The molecule has 0 aromatic heterocycles. The summed E-state index contributed by atoms with van der Waals surface area (Å²) in [6, 6.07) is 0. The Kier molecular flexibility index (Phi) is 6.82. The second kappa shape index (κ2) is 9.73. The standard InChI is InChI=1S/C35H56N2O6/c1-20(2)26(43-29(39)36-7)22-10-9-21-27(41-22)28(38)33(6)24-12-11-23-31(3,4)25(42-30(40)37-17-8-18-37)13-14-34(23)19-35(24,34)16-15-32(21,33)5/h20-28,38H,8-19H2,1-7H3,(H,36,39)/t21-,22?,23-,24?,25?,26?,27?,28-,32?,33+,34?,35?/m0/s1. The molecule has 0 radical (unpaired) electrons. The van der Waals surface area contributed by atoms with Crippen molar-refractivity contribution >= 4 is 12.2 Å². The molecule has 7 fully saturated rings. The minimum Gasteiger partial charge on any atom is -0.446 e. The summed E-state index contributed by atoms with van der Waals surface area (Å²) in [7, 11) is 1.59. The average Bonchev–Trinajstić information content (AvgIpc) is 3.57. The number of nitrogens with one attached hydrogen (secondary N) is 1. The van der Waals surface area contributed by atoms with Crippen LogP contribution in [0.3, 0.4) is 0 Å². The number of likely N-dealkylation sites (tertiary alicyclic amines) is 1. The fourth-order valence-corrected chi connectivity index (χ4v) is 12.8. The number of carbonyl (C=O) groups is 2. The number of fused-ring (bicyclic) bond motifs is 4. The molecule has 7 rings (SSSR count). The molecule has 2 saturated heterocycles. The molecule has 0 aromatic rings. The summed E-state index contributed by atoms with van der Waals surface area (Å²) < 4.78 is 18.9. The molecular formula is C35H56N2O6. The summed E-state index contributed by atoms with van der Waals surface area (Å²) in [4.78, 5) is 26.9. The monoisotopic (exact) mass is 600 g/mol. The molecule has 2 amide bonds. The minimum absolute atomic E-state index is 0.0169. The molecule has 43 heavy (non-hydrogen) atoms. The maximum absolute atomic E-state index is 12.8. The van der Waals surface area contributed by atoms with Gasteiger partial charge in [-0.3, -0.25) is 0 Å². The number of hydrogen-bond acceptors (Lipinski definition) is 6. The van der Waals surface area contributed by atoms with Crippen LogP contribution in [-0.2, 0) is 14.2 Å². The lowest BCUT2D eigenvalue weighted by Crippen LogP contribution is -2.60. The highest BCUT2D eigenvalue weighted by molar-refractivity contribution is 5.68. The third kappa shape index (κ3) is 3.80. The van der Waals surface area contributed by atoms with E-state index in [9.17, 15) is 14.7 Å². The first-order valence-electron chi connectivity index (χ1n) is 17.4. The average molecular weight is 601 g/mol. The Bertz CT molecular complexity index is 1160. The molecule has 7 aliphatic rings. The van der Waals surface area contributed by atoms with E-state index in [-0.39, 0.29) is 58.1 Å². The van der Waals surface area contributed by atoms with Crippen molar-refractivity contribution in [1.29, 1.82) is 0 Å². The number of amides is 2. The van der Waals surface area contributed by atoms with Gasteiger partial charge in [0, 0.05) is 31.0 Å². The van der Waals surface area contributed by atoms with E-state index in [1.807, 2.05) is 4.90 Å². The van der Waals surface area contributed by atoms with Crippen LogP contribution in [0.5, 0.6) is 0 Å². The lowest BCUT2D eigenvalue weighted by atomic mass is 9.41. The van der Waals surface area contributed by atoms with E-state index in [0.717, 1.165) is 64.5 Å². The number of nitrogens with zero attached hydrogens (tertiary/aromatic N) is 1. The summed E-state index contributed by atoms with van der Waals surface area (Å²) in [5.41, 5.74) is 0.312. The number of ether oxygens (including phenoxy) is 3. The Balaban J connectivity index is 1.13. The molecule has 242 valence electrons. The molecule has 2 heterocycles. The van der Waals surface area contributed by atoms with Gasteiger partial charge in [0.2, 0.25) is 0 Å². The number of aliphatic hydroxyl groups is 1. The Morgan fingerprint density at radius 2 is 1.65 bits per heavy atom. The van der Waals surface area contributed by atoms with Crippen LogP contribution in [0.15, 0.2) is 0 Å². The van der Waals surface area contributed by atoms with Crippen LogP contribution in [0.25, 0.3) is 0 Å². The summed E-state index contributed by atoms with van der Waals surface area (Å²) in [5.74, 6) is 1.45. The van der Waals surface area contributed by atoms with Crippen LogP contribution in [0.2, 0.25) is 0 Å². The molecule has 0 bridgehead atoms. The van der Waals surface area contributed by atoms with Crippen LogP contribution in [0.4, 0.5) is 9.59 Å². The number of rotatable bonds is 4. The van der Waals surface area contributed by atoms with E-state index in [0.29, 0.717) is 23.2 Å². The van der Waals surface area contributed by atoms with Gasteiger partial charge in [0.1, 0.15) is 12.2 Å². The van der Waals surface area contributed by atoms with Gasteiger partial charge >= 0.3 is 12.2 Å². The fourth-order valence-electron chi connectivity index (χ4n) is 12.8. The zero-order valence-corrected chi connectivity index (χ0v) is 27.6. The second-order valence-corrected chi connectivity index (χ2v) is 17.1. The quantitative estimate of drug-likeness (QED) is 0.402. The van der Waals surface area contributed by atoms with Gasteiger partial charge in [-0.1, -0.05) is 41.5 Å². The molecule has 5 saturated carbocycles. The molecule has 8 unspecified atom stereocenters. The van der Waals surface area contributed by atoms with Crippen LogP contribution in [0.1, 0.15) is 106 Å². The van der Waals surface area contributed by atoms with Crippen LogP contribution in [0, 0.1) is 50.7 Å². The van der Waals surface area contributed by atoms with Crippen molar-refractivity contribution in [2.75, 3.05) is 20.1 Å². The van der Waals surface area contributed by atoms with Gasteiger partial charge in [0.15, 0.2) is 0 Å². The van der Waals surface area contributed by atoms with Gasteiger partial charge in [0.05, 0.1) is 18.3 Å². The van der Waals surface area contributed by atoms with Gasteiger partial charge in [-0.15, -0.1) is 0 Å². The molecule has 2 N–H and O–H groups in total. The van der Waals surface area contributed by atoms with Crippen molar-refractivity contribution in [2.45, 2.75) is 136 Å². The maximum Gasteiger partial charge on any atom is 0.410 e. The molecule has 8 heteroatoms. The Labute approximate surface area is 258 Å². The van der Waals surface area contributed by atoms with Crippen molar-refractivity contribution in [3.8, 4) is 0 Å². The number of hydrogen-bond donors (Lipinski definition) is 2. The zero-order chi connectivity index (χ0) is 30.7. The van der Waals surface area contributed by atoms with Crippen molar-refractivity contribution in [3.05, 3.63) is 0 Å². The van der Waals surface area contributed by atoms with Crippen molar-refractivity contribution in [2.24, 2.45) is 50.7 Å². The summed E-state index contributed by atoms with van der Waals surface area (Å²) in [5, 5.41) is 15.0. The fraction of sp³-hybridized carbons (Fsp3) is 0.943. The van der Waals surface area contributed by atoms with E-state index in [2.05, 4.69) is 46.9 Å². The second-order valence-electron chi connectivity index (χ2n) is 17.1. The highest BCUT2D eigenvalue weighted by Gasteiger charge is 2.84. The SMILES string of the molecule is CNC(=O)OC(C(C)C)C1CC[C@H]2C(O1)[C@H](O)[C@@]1(C)C3CC[C@H]4C(C)(C)C(OC(=O)N5CCC5)CCC45CC35CCC21C. The third-order valence-corrected chi connectivity index (χ3v) is 15.3. The molecule has 0 aromatic carbocycles. The zero-order valence-electron chi connectivity index (χ0n) is 27.6. The minimum atomic E-state index is -0.531. The van der Waals surface area contributed by atoms with Gasteiger partial charge in [-0.2, -0.15) is 0 Å². The first-order valence-corrected chi connectivity index (χ1v) is 17.4. The molecule has 2 aliphatic heterocycles. The molecule has 12 atom stereocenters. The van der Waals surface area contributed by atoms with Crippen molar-refractivity contribution < 1.29 is 28.9 Å². The van der Waals surface area contributed by atoms with E-state index in [4.69, 9.17) is 14.2 Å². The lowest BCUT2D eigenvalue weighted by Gasteiger charge is -2.63. The van der Waals surface area contributed by atoms with Gasteiger partial charge in [0.25, 0.3) is 0 Å². The Hall–Kier alpha value is -1.54. The summed E-state index contributed by atoms with van der Waals surface area (Å²) in [6.45, 7) is 15.4. The molecule has 2 spiro atoms. The molecular weight excluding hydrogens is 544 g/mol. The first kappa shape index (κ1) is 30.1. The van der Waals surface area contributed by atoms with E-state index >= 15 is 0 Å². The highest BCUT2D eigenvalue weighted by Crippen LogP contribution is 2.89. The number of carbonyl (C=O) groups excluding carboxylic acids is 2. The van der Waals surface area contributed by atoms with Crippen molar-refractivity contribution in [1.82, 2.24) is 10.2 Å². The van der Waals surface area contributed by atoms with Gasteiger partial charge in [-0.25, -0.2) is 9.59 Å². The normalized spacial score (nSPS) is 49.7. The topological polar surface area (TPSA) is 97.3 Å². The van der Waals surface area contributed by atoms with Crippen LogP contribution >= 0.6 is 0 Å². The maximum atomic E-state index is 12.8. The van der Waals surface area contributed by atoms with E-state index in [1.54, 1.807) is 7.05 Å². The van der Waals surface area contributed by atoms with Crippen LogP contribution < -0.4 is 5.32 Å². The van der Waals surface area contributed by atoms with Gasteiger partial charge < -0.3 is 29.5 Å². The Morgan fingerprint density at radius 1 is 0.953 bits per heavy atom. The molecule has 8 nitrogen and oxygen atoms in total. The predicted octanol–water partition coefficient (Wildman–Crippen LogP) is 6.15.